The summed E-state index contributed by atoms with van der Waals surface area (Å²) in [5, 5.41) is 11.5. The van der Waals surface area contributed by atoms with Crippen LogP contribution < -0.4 is 5.32 Å². The van der Waals surface area contributed by atoms with E-state index in [-0.39, 0.29) is 22.9 Å². The Morgan fingerprint density at radius 2 is 1.96 bits per heavy atom. The van der Waals surface area contributed by atoms with Crippen LogP contribution in [0.4, 0.5) is 10.1 Å². The van der Waals surface area contributed by atoms with E-state index in [1.807, 2.05) is 0 Å². The fraction of sp³-hybridized carbons (Fsp3) is 0.471. The number of carboxylic acid groups (broad SMARTS) is 1. The Kier molecular flexibility index (Phi) is 4.03. The predicted octanol–water partition coefficient (Wildman–Crippen LogP) is 2.11. The second kappa shape index (κ2) is 5.89. The van der Waals surface area contributed by atoms with Crippen molar-refractivity contribution in [2.45, 2.75) is 26.2 Å². The fourth-order valence-corrected chi connectivity index (χ4v) is 3.53. The molecule has 1 saturated heterocycles. The molecule has 0 radical (unpaired) electrons. The molecular formula is C17H19FN2O4. The number of carbonyl (C=O) groups excluding carboxylic acids is 2. The molecule has 6 nitrogen and oxygen atoms in total. The molecule has 0 aromatic heterocycles. The summed E-state index contributed by atoms with van der Waals surface area (Å²) < 4.78 is 13.7. The number of anilines is 1. The van der Waals surface area contributed by atoms with Gasteiger partial charge in [-0.3, -0.25) is 14.4 Å². The van der Waals surface area contributed by atoms with Gasteiger partial charge in [-0.1, -0.05) is 0 Å². The van der Waals surface area contributed by atoms with E-state index in [1.54, 1.807) is 4.90 Å². The summed E-state index contributed by atoms with van der Waals surface area (Å²) in [5.74, 6) is -2.28. The van der Waals surface area contributed by atoms with Gasteiger partial charge in [-0.15, -0.1) is 0 Å². The highest BCUT2D eigenvalue weighted by atomic mass is 19.1. The number of likely N-dealkylation sites (tertiary alicyclic amines) is 1. The minimum absolute atomic E-state index is 0.0186. The van der Waals surface area contributed by atoms with Crippen LogP contribution in [0.15, 0.2) is 18.2 Å². The average Bonchev–Trinajstić information content (AvgIpc) is 3.23. The molecule has 1 aromatic rings. The van der Waals surface area contributed by atoms with Crippen molar-refractivity contribution in [1.29, 1.82) is 0 Å². The number of piperidine rings is 1. The van der Waals surface area contributed by atoms with Crippen molar-refractivity contribution in [3.63, 3.8) is 0 Å². The van der Waals surface area contributed by atoms with Crippen molar-refractivity contribution in [2.75, 3.05) is 18.4 Å². The average molecular weight is 334 g/mol. The third kappa shape index (κ3) is 2.98. The van der Waals surface area contributed by atoms with Gasteiger partial charge in [-0.05, 0) is 42.9 Å². The minimum atomic E-state index is -0.756. The summed E-state index contributed by atoms with van der Waals surface area (Å²) >= 11 is 0. The molecule has 3 rings (SSSR count). The SMILES string of the molecule is CC(=O)Nc1cc(C(=O)N2CCC3(CC2)CC3C(=O)O)ccc1F. The molecule has 24 heavy (non-hydrogen) atoms. The van der Waals surface area contributed by atoms with Gasteiger partial charge in [0, 0.05) is 25.6 Å². The minimum Gasteiger partial charge on any atom is -0.481 e. The molecule has 7 heteroatoms. The monoisotopic (exact) mass is 334 g/mol. The molecule has 2 N–H and O–H groups in total. The van der Waals surface area contributed by atoms with Crippen molar-refractivity contribution in [2.24, 2.45) is 11.3 Å². The van der Waals surface area contributed by atoms with Crippen LogP contribution in [-0.4, -0.2) is 40.9 Å². The Morgan fingerprint density at radius 3 is 2.50 bits per heavy atom. The Bertz CT molecular complexity index is 711. The molecule has 1 heterocycles. The molecule has 2 aliphatic rings. The van der Waals surface area contributed by atoms with Crippen LogP contribution >= 0.6 is 0 Å². The highest BCUT2D eigenvalue weighted by Gasteiger charge is 2.59. The van der Waals surface area contributed by atoms with Crippen molar-refractivity contribution >= 4 is 23.5 Å². The Morgan fingerprint density at radius 1 is 1.29 bits per heavy atom. The summed E-state index contributed by atoms with van der Waals surface area (Å²) in [6.45, 7) is 2.26. The number of aliphatic carboxylic acids is 1. The first-order valence-electron chi connectivity index (χ1n) is 7.92. The van der Waals surface area contributed by atoms with Gasteiger partial charge in [-0.2, -0.15) is 0 Å². The highest BCUT2D eigenvalue weighted by Crippen LogP contribution is 2.59. The zero-order valence-electron chi connectivity index (χ0n) is 13.3. The zero-order valence-corrected chi connectivity index (χ0v) is 13.3. The number of nitrogens with zero attached hydrogens (tertiary/aromatic N) is 1. The lowest BCUT2D eigenvalue weighted by atomic mass is 9.90. The van der Waals surface area contributed by atoms with E-state index in [1.165, 1.54) is 19.1 Å². The van der Waals surface area contributed by atoms with Crippen LogP contribution in [0.1, 0.15) is 36.5 Å². The molecule has 1 atom stereocenters. The van der Waals surface area contributed by atoms with Gasteiger partial charge >= 0.3 is 5.97 Å². The van der Waals surface area contributed by atoms with Crippen molar-refractivity contribution in [1.82, 2.24) is 4.90 Å². The van der Waals surface area contributed by atoms with E-state index in [0.29, 0.717) is 37.9 Å². The maximum absolute atomic E-state index is 13.7. The molecule has 1 saturated carbocycles. The third-order valence-corrected chi connectivity index (χ3v) is 5.06. The first kappa shape index (κ1) is 16.4. The van der Waals surface area contributed by atoms with Crippen LogP contribution in [-0.2, 0) is 9.59 Å². The van der Waals surface area contributed by atoms with Crippen molar-refractivity contribution in [3.8, 4) is 0 Å². The lowest BCUT2D eigenvalue weighted by molar-refractivity contribution is -0.139. The van der Waals surface area contributed by atoms with Gasteiger partial charge in [-0.25, -0.2) is 4.39 Å². The molecule has 0 bridgehead atoms. The first-order valence-corrected chi connectivity index (χ1v) is 7.92. The number of hydrogen-bond acceptors (Lipinski definition) is 3. The van der Waals surface area contributed by atoms with E-state index < -0.39 is 17.7 Å². The molecule has 1 aromatic carbocycles. The zero-order chi connectivity index (χ0) is 17.5. The van der Waals surface area contributed by atoms with Crippen molar-refractivity contribution in [3.05, 3.63) is 29.6 Å². The topological polar surface area (TPSA) is 86.7 Å². The highest BCUT2D eigenvalue weighted by molar-refractivity contribution is 5.97. The predicted molar refractivity (Wildman–Crippen MR) is 84.0 cm³/mol. The number of benzene rings is 1. The van der Waals surface area contributed by atoms with E-state index in [0.717, 1.165) is 6.07 Å². The molecule has 1 aliphatic heterocycles. The molecule has 1 aliphatic carbocycles. The largest absolute Gasteiger partial charge is 0.481 e. The van der Waals surface area contributed by atoms with Gasteiger partial charge in [0.1, 0.15) is 5.82 Å². The maximum atomic E-state index is 13.7. The second-order valence-corrected chi connectivity index (χ2v) is 6.63. The Hall–Kier alpha value is -2.44. The van der Waals surface area contributed by atoms with Gasteiger partial charge in [0.05, 0.1) is 11.6 Å². The maximum Gasteiger partial charge on any atom is 0.307 e. The third-order valence-electron chi connectivity index (χ3n) is 5.06. The molecule has 1 spiro atoms. The number of halogens is 1. The van der Waals surface area contributed by atoms with E-state index in [2.05, 4.69) is 5.32 Å². The summed E-state index contributed by atoms with van der Waals surface area (Å²) in [6, 6.07) is 3.89. The number of rotatable bonds is 3. The van der Waals surface area contributed by atoms with Gasteiger partial charge in [0.25, 0.3) is 5.91 Å². The number of amides is 2. The van der Waals surface area contributed by atoms with Gasteiger partial charge in [0.15, 0.2) is 0 Å². The molecule has 2 amide bonds. The summed E-state index contributed by atoms with van der Waals surface area (Å²) in [7, 11) is 0. The second-order valence-electron chi connectivity index (χ2n) is 6.63. The quantitative estimate of drug-likeness (QED) is 0.886. The Balaban J connectivity index is 1.68. The number of nitrogens with one attached hydrogen (secondary N) is 1. The van der Waals surface area contributed by atoms with Crippen LogP contribution in [0.3, 0.4) is 0 Å². The molecule has 1 unspecified atom stereocenters. The van der Waals surface area contributed by atoms with Crippen LogP contribution in [0.2, 0.25) is 0 Å². The Labute approximate surface area is 138 Å². The number of carbonyl (C=O) groups is 3. The summed E-state index contributed by atoms with van der Waals surface area (Å²) in [4.78, 5) is 36.4. The summed E-state index contributed by atoms with van der Waals surface area (Å²) in [5.41, 5.74) is 0.142. The number of hydrogen-bond donors (Lipinski definition) is 2. The molecule has 2 fully saturated rings. The molecule has 128 valence electrons. The van der Waals surface area contributed by atoms with Gasteiger partial charge < -0.3 is 15.3 Å². The fourth-order valence-electron chi connectivity index (χ4n) is 3.53. The summed E-state index contributed by atoms with van der Waals surface area (Å²) in [6.07, 6.45) is 2.04. The van der Waals surface area contributed by atoms with Crippen LogP contribution in [0, 0.1) is 17.2 Å². The standard InChI is InChI=1S/C17H19FN2O4/c1-10(21)19-14-8-11(2-3-13(14)18)15(22)20-6-4-17(5-7-20)9-12(17)16(23)24/h2-3,8,12H,4-7,9H2,1H3,(H,19,21)(H,23,24). The van der Waals surface area contributed by atoms with Crippen molar-refractivity contribution < 1.29 is 23.9 Å². The number of carboxylic acids is 1. The first-order chi connectivity index (χ1) is 11.3. The van der Waals surface area contributed by atoms with E-state index in [9.17, 15) is 18.8 Å². The van der Waals surface area contributed by atoms with Gasteiger partial charge in [0.2, 0.25) is 5.91 Å². The normalized spacial score (nSPS) is 21.4. The smallest absolute Gasteiger partial charge is 0.307 e. The lowest BCUT2D eigenvalue weighted by Gasteiger charge is -2.32. The molecular weight excluding hydrogens is 315 g/mol. The van der Waals surface area contributed by atoms with Crippen LogP contribution in [0.5, 0.6) is 0 Å². The lowest BCUT2D eigenvalue weighted by Crippen LogP contribution is -2.40. The van der Waals surface area contributed by atoms with Crippen LogP contribution in [0.25, 0.3) is 0 Å². The van der Waals surface area contributed by atoms with E-state index in [4.69, 9.17) is 5.11 Å². The van der Waals surface area contributed by atoms with E-state index >= 15 is 0 Å².